The second kappa shape index (κ2) is 12.5. The standard InChI is InChI=1S/C42H54N6O6/c1-5-39-15-8-9-18-48-20-16-40(34(39)48)28-21-29(32(53-3)22-31(28)46(2)35(40)42(52,36(39)49)37(50)45-43)41(38(51)54-4)23-25-11-10-17-47(24-25)19-14-27-26-12-6-7-13-30(26)44-33(27)41/h6-9,12-13,21-22,25,34-36,44,49,52H,5,10-11,14-20,23-24,43H2,1-4H3,(H,45,50)/t25-,34-,35+,36+,39+,40+,41-,42-/m0/s1. The number of nitrogens with two attached hydrogens (primary N) is 1. The number of carbonyl (C=O) groups is 2. The number of nitrogens with zero attached hydrogens (tertiary/aromatic N) is 3. The van der Waals surface area contributed by atoms with Crippen LogP contribution >= 0.6 is 0 Å². The molecular weight excluding hydrogens is 684 g/mol. The number of nitrogens with one attached hydrogen (secondary N) is 2. The molecule has 6 heterocycles. The monoisotopic (exact) mass is 738 g/mol. The zero-order valence-electron chi connectivity index (χ0n) is 31.9. The number of aromatic amines is 1. The molecule has 3 fully saturated rings. The van der Waals surface area contributed by atoms with Crippen LogP contribution in [0.25, 0.3) is 10.9 Å². The molecule has 2 aromatic carbocycles. The summed E-state index contributed by atoms with van der Waals surface area (Å²) in [5, 5.41) is 26.6. The summed E-state index contributed by atoms with van der Waals surface area (Å²) < 4.78 is 12.3. The molecule has 1 saturated carbocycles. The number of carbonyl (C=O) groups excluding carboxylic acids is 2. The Morgan fingerprint density at radius 1 is 1.09 bits per heavy atom. The lowest BCUT2D eigenvalue weighted by molar-refractivity contribution is -0.212. The van der Waals surface area contributed by atoms with Crippen LogP contribution in [-0.2, 0) is 31.6 Å². The number of anilines is 1. The third-order valence-corrected chi connectivity index (χ3v) is 14.9. The minimum atomic E-state index is -2.26. The van der Waals surface area contributed by atoms with Gasteiger partial charge in [0.25, 0.3) is 5.91 Å². The molecule has 12 nitrogen and oxygen atoms in total. The number of aromatic nitrogens is 1. The summed E-state index contributed by atoms with van der Waals surface area (Å²) in [4.78, 5) is 39.9. The lowest BCUT2D eigenvalue weighted by Crippen LogP contribution is -2.81. The number of hydrogen-bond donors (Lipinski definition) is 5. The van der Waals surface area contributed by atoms with Crippen LogP contribution in [0.2, 0.25) is 0 Å². The molecule has 5 aliphatic heterocycles. The summed E-state index contributed by atoms with van der Waals surface area (Å²) in [5.74, 6) is 5.45. The first-order valence-electron chi connectivity index (χ1n) is 19.7. The Bertz CT molecular complexity index is 2050. The van der Waals surface area contributed by atoms with E-state index >= 15 is 4.79 Å². The van der Waals surface area contributed by atoms with Gasteiger partial charge in [-0.2, -0.15) is 0 Å². The largest absolute Gasteiger partial charge is 0.496 e. The fraction of sp³-hybridized carbons (Fsp3) is 0.571. The maximum absolute atomic E-state index is 15.1. The number of hydrazine groups is 1. The van der Waals surface area contributed by atoms with Gasteiger partial charge in [0.15, 0.2) is 5.60 Å². The van der Waals surface area contributed by atoms with Gasteiger partial charge in [-0.3, -0.25) is 19.9 Å². The van der Waals surface area contributed by atoms with Crippen LogP contribution in [0.3, 0.4) is 0 Å². The lowest BCUT2D eigenvalue weighted by Gasteiger charge is -2.62. The summed E-state index contributed by atoms with van der Waals surface area (Å²) >= 11 is 0. The summed E-state index contributed by atoms with van der Waals surface area (Å²) in [6, 6.07) is 11.3. The SMILES string of the molecule is CC[C@]12CC=CCN3CC[C@@]4(c5cc([C@@]6(C(=O)OC)C[C@@H]7CCCN(CCc8c6[nH]c6ccccc86)C7)c(OC)cc5N(C)[C@H]4[C@@](O)(C(=O)NN)[C@@H]1O)[C@@H]32. The smallest absolute Gasteiger partial charge is 0.322 e. The van der Waals surface area contributed by atoms with Gasteiger partial charge in [-0.05, 0) is 87.2 Å². The van der Waals surface area contributed by atoms with Gasteiger partial charge in [0.2, 0.25) is 0 Å². The number of fused-ring (bicyclic) bond motifs is 6. The van der Waals surface area contributed by atoms with Gasteiger partial charge in [0.1, 0.15) is 17.3 Å². The average Bonchev–Trinajstić information content (AvgIpc) is 3.79. The van der Waals surface area contributed by atoms with Crippen LogP contribution in [-0.4, -0.2) is 115 Å². The number of likely N-dealkylation sites (N-methyl/N-ethyl adjacent to an activating group) is 1. The van der Waals surface area contributed by atoms with Gasteiger partial charge in [0, 0.05) is 77.5 Å². The third-order valence-electron chi connectivity index (χ3n) is 14.9. The molecule has 288 valence electrons. The van der Waals surface area contributed by atoms with E-state index in [1.165, 1.54) is 7.11 Å². The van der Waals surface area contributed by atoms with Crippen molar-refractivity contribution in [2.45, 2.75) is 86.5 Å². The second-order valence-corrected chi connectivity index (χ2v) is 16.9. The molecule has 3 aromatic rings. The van der Waals surface area contributed by atoms with E-state index in [4.69, 9.17) is 15.3 Å². The number of aliphatic hydroxyl groups excluding tert-OH is 1. The molecular formula is C42H54N6O6. The molecule has 1 aromatic heterocycles. The summed E-state index contributed by atoms with van der Waals surface area (Å²) in [6.07, 6.45) is 7.82. The van der Waals surface area contributed by atoms with Crippen molar-refractivity contribution in [1.82, 2.24) is 20.2 Å². The predicted molar refractivity (Wildman–Crippen MR) is 205 cm³/mol. The number of rotatable bonds is 5. The summed E-state index contributed by atoms with van der Waals surface area (Å²) in [7, 11) is 5.00. The first kappa shape index (κ1) is 35.7. The van der Waals surface area contributed by atoms with E-state index in [9.17, 15) is 15.0 Å². The number of amides is 1. The van der Waals surface area contributed by atoms with Crippen molar-refractivity contribution >= 4 is 28.5 Å². The van der Waals surface area contributed by atoms with Crippen LogP contribution in [0.1, 0.15) is 67.8 Å². The van der Waals surface area contributed by atoms with Crippen LogP contribution in [0.5, 0.6) is 5.75 Å². The van der Waals surface area contributed by atoms with E-state index in [0.717, 1.165) is 77.9 Å². The van der Waals surface area contributed by atoms with E-state index in [1.807, 2.05) is 31.0 Å². The number of H-pyrrole nitrogens is 1. The Morgan fingerprint density at radius 3 is 2.67 bits per heavy atom. The Labute approximate surface area is 316 Å². The fourth-order valence-corrected chi connectivity index (χ4v) is 12.9. The molecule has 1 spiro atoms. The molecule has 1 amide bonds. The van der Waals surface area contributed by atoms with Crippen LogP contribution < -0.4 is 20.9 Å². The van der Waals surface area contributed by atoms with E-state index in [1.54, 1.807) is 7.11 Å². The zero-order valence-corrected chi connectivity index (χ0v) is 31.9. The van der Waals surface area contributed by atoms with E-state index in [-0.39, 0.29) is 17.9 Å². The van der Waals surface area contributed by atoms with E-state index in [2.05, 4.69) is 56.6 Å². The lowest BCUT2D eigenvalue weighted by atomic mass is 9.47. The molecule has 2 saturated heterocycles. The van der Waals surface area contributed by atoms with Crippen molar-refractivity contribution in [3.8, 4) is 5.75 Å². The quantitative estimate of drug-likeness (QED) is 0.0868. The van der Waals surface area contributed by atoms with Gasteiger partial charge in [0.05, 0.1) is 20.3 Å². The molecule has 1 unspecified atom stereocenters. The van der Waals surface area contributed by atoms with Crippen LogP contribution in [0, 0.1) is 11.3 Å². The predicted octanol–water partition coefficient (Wildman–Crippen LogP) is 2.88. The number of piperidine rings is 1. The van der Waals surface area contributed by atoms with Crippen molar-refractivity contribution in [2.24, 2.45) is 17.2 Å². The molecule has 1 aliphatic carbocycles. The van der Waals surface area contributed by atoms with Gasteiger partial charge in [-0.1, -0.05) is 37.3 Å². The highest BCUT2D eigenvalue weighted by molar-refractivity contribution is 5.95. The number of benzene rings is 2. The highest BCUT2D eigenvalue weighted by atomic mass is 16.5. The zero-order chi connectivity index (χ0) is 37.8. The van der Waals surface area contributed by atoms with Gasteiger partial charge in [-0.15, -0.1) is 0 Å². The number of allylic oxidation sites excluding steroid dienone is 1. The topological polar surface area (TPSA) is 157 Å². The molecule has 6 N–H and O–H groups in total. The third kappa shape index (κ3) is 4.37. The Morgan fingerprint density at radius 2 is 1.91 bits per heavy atom. The number of para-hydroxylation sites is 1. The second-order valence-electron chi connectivity index (χ2n) is 16.9. The minimum absolute atomic E-state index is 0.215. The minimum Gasteiger partial charge on any atom is -0.496 e. The Balaban J connectivity index is 1.37. The fourth-order valence-electron chi connectivity index (χ4n) is 12.9. The van der Waals surface area contributed by atoms with Gasteiger partial charge < -0.3 is 34.5 Å². The van der Waals surface area contributed by atoms with Crippen molar-refractivity contribution < 1.29 is 29.3 Å². The maximum Gasteiger partial charge on any atom is 0.322 e. The van der Waals surface area contributed by atoms with Gasteiger partial charge >= 0.3 is 5.97 Å². The highest BCUT2D eigenvalue weighted by Crippen LogP contribution is 2.67. The molecule has 6 aliphatic rings. The molecule has 0 radical (unpaired) electrons. The summed E-state index contributed by atoms with van der Waals surface area (Å²) in [6.45, 7) is 6.27. The van der Waals surface area contributed by atoms with E-state index in [0.29, 0.717) is 44.5 Å². The Hall–Kier alpha value is -3.94. The Kier molecular flexibility index (Phi) is 8.30. The molecule has 9 rings (SSSR count). The maximum atomic E-state index is 15.1. The number of aliphatic hydroxyl groups is 2. The number of ether oxygens (including phenoxy) is 2. The van der Waals surface area contributed by atoms with E-state index < -0.39 is 39.9 Å². The average molecular weight is 739 g/mol. The first-order valence-corrected chi connectivity index (χ1v) is 19.7. The number of esters is 1. The molecule has 9 atom stereocenters. The molecule has 2 bridgehead atoms. The van der Waals surface area contributed by atoms with Crippen LogP contribution in [0.4, 0.5) is 5.69 Å². The molecule has 12 heteroatoms. The van der Waals surface area contributed by atoms with Crippen molar-refractivity contribution in [2.75, 3.05) is 58.9 Å². The van der Waals surface area contributed by atoms with Crippen LogP contribution in [0.15, 0.2) is 48.6 Å². The highest BCUT2D eigenvalue weighted by Gasteiger charge is 2.78. The molecule has 54 heavy (non-hydrogen) atoms. The van der Waals surface area contributed by atoms with Crippen molar-refractivity contribution in [1.29, 1.82) is 0 Å². The van der Waals surface area contributed by atoms with Crippen molar-refractivity contribution in [3.05, 3.63) is 70.9 Å². The summed E-state index contributed by atoms with van der Waals surface area (Å²) in [5.41, 5.74) is 2.41. The normalized spacial score (nSPS) is 36.9. The number of hydrogen-bond acceptors (Lipinski definition) is 10. The first-order chi connectivity index (χ1) is 26.1. The van der Waals surface area contributed by atoms with Crippen molar-refractivity contribution in [3.63, 3.8) is 0 Å². The number of methoxy groups -OCH3 is 2. The van der Waals surface area contributed by atoms with Gasteiger partial charge in [-0.25, -0.2) is 5.84 Å².